The number of hydrogen-bond donors (Lipinski definition) is 1. The topological polar surface area (TPSA) is 91.1 Å². The summed E-state index contributed by atoms with van der Waals surface area (Å²) in [7, 11) is 0. The second-order valence-corrected chi connectivity index (χ2v) is 4.18. The van der Waals surface area contributed by atoms with Gasteiger partial charge in [-0.1, -0.05) is 12.1 Å². The van der Waals surface area contributed by atoms with Crippen molar-refractivity contribution in [3.8, 4) is 0 Å². The molecule has 1 atom stereocenters. The summed E-state index contributed by atoms with van der Waals surface area (Å²) < 4.78 is 5.66. The smallest absolute Gasteiger partial charge is 0.196 e. The van der Waals surface area contributed by atoms with Gasteiger partial charge < -0.3 is 19.6 Å². The number of carbonyl (C=O) groups excluding carboxylic acids is 1. The molecule has 96 valence electrons. The van der Waals surface area contributed by atoms with Gasteiger partial charge in [-0.2, -0.15) is 0 Å². The van der Waals surface area contributed by atoms with Crippen molar-refractivity contribution in [1.29, 1.82) is 0 Å². The van der Waals surface area contributed by atoms with E-state index in [4.69, 9.17) is 4.42 Å². The van der Waals surface area contributed by atoms with E-state index in [-0.39, 0.29) is 0 Å². The van der Waals surface area contributed by atoms with Crippen LogP contribution < -0.4 is 10.4 Å². The van der Waals surface area contributed by atoms with E-state index in [1.54, 1.807) is 0 Å². The van der Waals surface area contributed by atoms with Crippen LogP contribution in [-0.4, -0.2) is 22.0 Å². The fraction of sp³-hybridized carbons (Fsp3) is 0.154. The molecule has 1 unspecified atom stereocenters. The largest absolute Gasteiger partial charge is 0.548 e. The molecular formula is C13H10N3O3-. The lowest BCUT2D eigenvalue weighted by molar-refractivity contribution is -0.306. The van der Waals surface area contributed by atoms with Crippen molar-refractivity contribution in [2.45, 2.75) is 13.0 Å². The molecule has 0 aliphatic heterocycles. The van der Waals surface area contributed by atoms with Crippen LogP contribution in [0.3, 0.4) is 0 Å². The first-order valence-electron chi connectivity index (χ1n) is 5.76. The molecule has 1 aromatic carbocycles. The molecule has 19 heavy (non-hydrogen) atoms. The molecule has 0 aliphatic carbocycles. The molecule has 0 radical (unpaired) electrons. The van der Waals surface area contributed by atoms with Crippen molar-refractivity contribution in [3.05, 3.63) is 30.6 Å². The van der Waals surface area contributed by atoms with Crippen LogP contribution in [0.4, 0.5) is 5.82 Å². The third-order valence-corrected chi connectivity index (χ3v) is 2.86. The van der Waals surface area contributed by atoms with E-state index in [0.29, 0.717) is 22.5 Å². The van der Waals surface area contributed by atoms with E-state index in [1.807, 2.05) is 24.3 Å². The molecular weight excluding hydrogens is 246 g/mol. The molecule has 0 fully saturated rings. The lowest BCUT2D eigenvalue weighted by atomic mass is 10.2. The highest BCUT2D eigenvalue weighted by molar-refractivity contribution is 6.05. The minimum absolute atomic E-state index is 0.345. The maximum absolute atomic E-state index is 10.8. The van der Waals surface area contributed by atoms with Gasteiger partial charge in [0, 0.05) is 5.39 Å². The van der Waals surface area contributed by atoms with Crippen molar-refractivity contribution < 1.29 is 14.3 Å². The number of carboxylic acid groups (broad SMARTS) is 1. The van der Waals surface area contributed by atoms with Crippen molar-refractivity contribution in [3.63, 3.8) is 0 Å². The van der Waals surface area contributed by atoms with Crippen LogP contribution >= 0.6 is 0 Å². The second kappa shape index (κ2) is 4.24. The standard InChI is InChI=1S/C13H11N3O3/c1-7(13(17)18)16-12-11-10(14-6-15-12)8-4-2-3-5-9(8)19-11/h2-7H,1H3,(H,17,18)(H,14,15,16)/p-1. The summed E-state index contributed by atoms with van der Waals surface area (Å²) >= 11 is 0. The molecule has 1 N–H and O–H groups in total. The summed E-state index contributed by atoms with van der Waals surface area (Å²) in [5.74, 6) is -0.860. The maximum atomic E-state index is 10.8. The summed E-state index contributed by atoms with van der Waals surface area (Å²) in [5, 5.41) is 14.4. The molecule has 2 heterocycles. The number of aliphatic carboxylic acids is 1. The second-order valence-electron chi connectivity index (χ2n) is 4.18. The van der Waals surface area contributed by atoms with Crippen LogP contribution in [0.1, 0.15) is 6.92 Å². The molecule has 0 amide bonds. The van der Waals surface area contributed by atoms with Crippen LogP contribution in [-0.2, 0) is 4.79 Å². The highest BCUT2D eigenvalue weighted by atomic mass is 16.4. The monoisotopic (exact) mass is 256 g/mol. The van der Waals surface area contributed by atoms with Gasteiger partial charge >= 0.3 is 0 Å². The Balaban J connectivity index is 2.18. The Morgan fingerprint density at radius 3 is 2.95 bits per heavy atom. The molecule has 6 nitrogen and oxygen atoms in total. The first kappa shape index (κ1) is 11.5. The molecule has 3 aromatic rings. The Morgan fingerprint density at radius 2 is 2.16 bits per heavy atom. The zero-order valence-electron chi connectivity index (χ0n) is 10.1. The Kier molecular flexibility index (Phi) is 2.56. The lowest BCUT2D eigenvalue weighted by Gasteiger charge is -2.14. The molecule has 0 aliphatic rings. The summed E-state index contributed by atoms with van der Waals surface area (Å²) in [6.45, 7) is 1.48. The number of carboxylic acids is 1. The third kappa shape index (κ3) is 1.87. The Labute approximate surface area is 108 Å². The van der Waals surface area contributed by atoms with Crippen molar-refractivity contribution in [1.82, 2.24) is 9.97 Å². The van der Waals surface area contributed by atoms with Crippen LogP contribution in [0.25, 0.3) is 22.1 Å². The predicted molar refractivity (Wildman–Crippen MR) is 67.4 cm³/mol. The first-order chi connectivity index (χ1) is 9.16. The molecule has 0 saturated carbocycles. The molecule has 6 heteroatoms. The number of para-hydroxylation sites is 1. The van der Waals surface area contributed by atoms with Gasteiger partial charge in [0.15, 0.2) is 11.4 Å². The van der Waals surface area contributed by atoms with Crippen molar-refractivity contribution in [2.75, 3.05) is 5.32 Å². The number of benzene rings is 1. The Morgan fingerprint density at radius 1 is 1.37 bits per heavy atom. The summed E-state index contributed by atoms with van der Waals surface area (Å²) in [6.07, 6.45) is 1.37. The number of fused-ring (bicyclic) bond motifs is 3. The van der Waals surface area contributed by atoms with Crippen LogP contribution in [0.5, 0.6) is 0 Å². The average Bonchev–Trinajstić information content (AvgIpc) is 2.78. The minimum atomic E-state index is -1.21. The number of carbonyl (C=O) groups is 1. The van der Waals surface area contributed by atoms with E-state index < -0.39 is 12.0 Å². The zero-order chi connectivity index (χ0) is 13.4. The van der Waals surface area contributed by atoms with Gasteiger partial charge in [-0.15, -0.1) is 0 Å². The maximum Gasteiger partial charge on any atom is 0.196 e. The van der Waals surface area contributed by atoms with Crippen LogP contribution in [0.2, 0.25) is 0 Å². The minimum Gasteiger partial charge on any atom is -0.548 e. The molecule has 3 rings (SSSR count). The normalized spacial score (nSPS) is 12.7. The third-order valence-electron chi connectivity index (χ3n) is 2.86. The molecule has 2 aromatic heterocycles. The summed E-state index contributed by atoms with van der Waals surface area (Å²) in [6, 6.07) is 6.58. The number of anilines is 1. The van der Waals surface area contributed by atoms with Gasteiger partial charge in [-0.25, -0.2) is 9.97 Å². The molecule has 0 spiro atoms. The van der Waals surface area contributed by atoms with Gasteiger partial charge in [0.2, 0.25) is 0 Å². The first-order valence-corrected chi connectivity index (χ1v) is 5.76. The predicted octanol–water partition coefficient (Wildman–Crippen LogP) is 0.926. The van der Waals surface area contributed by atoms with E-state index >= 15 is 0 Å². The molecule has 0 bridgehead atoms. The van der Waals surface area contributed by atoms with E-state index in [9.17, 15) is 9.90 Å². The fourth-order valence-corrected chi connectivity index (χ4v) is 1.89. The van der Waals surface area contributed by atoms with Crippen molar-refractivity contribution in [2.24, 2.45) is 0 Å². The van der Waals surface area contributed by atoms with Crippen LogP contribution in [0.15, 0.2) is 35.0 Å². The van der Waals surface area contributed by atoms with E-state index in [2.05, 4.69) is 15.3 Å². The SMILES string of the molecule is CC(Nc1ncnc2c1oc1ccccc12)C(=O)[O-]. The van der Waals surface area contributed by atoms with E-state index in [1.165, 1.54) is 13.3 Å². The zero-order valence-corrected chi connectivity index (χ0v) is 10.1. The number of furan rings is 1. The number of aromatic nitrogens is 2. The number of nitrogens with one attached hydrogen (secondary N) is 1. The molecule has 0 saturated heterocycles. The highest BCUT2D eigenvalue weighted by Crippen LogP contribution is 2.30. The van der Waals surface area contributed by atoms with Crippen molar-refractivity contribution >= 4 is 33.9 Å². The summed E-state index contributed by atoms with van der Waals surface area (Å²) in [4.78, 5) is 19.0. The van der Waals surface area contributed by atoms with Gasteiger partial charge in [0.1, 0.15) is 17.4 Å². The van der Waals surface area contributed by atoms with E-state index in [0.717, 1.165) is 5.39 Å². The average molecular weight is 256 g/mol. The quantitative estimate of drug-likeness (QED) is 0.749. The Hall–Kier alpha value is -2.63. The van der Waals surface area contributed by atoms with Gasteiger partial charge in [-0.05, 0) is 19.1 Å². The number of hydrogen-bond acceptors (Lipinski definition) is 6. The highest BCUT2D eigenvalue weighted by Gasteiger charge is 2.14. The fourth-order valence-electron chi connectivity index (χ4n) is 1.89. The lowest BCUT2D eigenvalue weighted by Crippen LogP contribution is -2.38. The van der Waals surface area contributed by atoms with Crippen LogP contribution in [0, 0.1) is 0 Å². The van der Waals surface area contributed by atoms with Gasteiger partial charge in [0.05, 0.1) is 12.0 Å². The van der Waals surface area contributed by atoms with Gasteiger partial charge in [0.25, 0.3) is 0 Å². The van der Waals surface area contributed by atoms with Gasteiger partial charge in [-0.3, -0.25) is 0 Å². The number of rotatable bonds is 3. The summed E-state index contributed by atoms with van der Waals surface area (Å²) in [5.41, 5.74) is 1.78. The Bertz CT molecular complexity index is 766. The number of nitrogens with zero attached hydrogens (tertiary/aromatic N) is 2.